The summed E-state index contributed by atoms with van der Waals surface area (Å²) in [7, 11) is 5.39. The van der Waals surface area contributed by atoms with E-state index in [1.807, 2.05) is 49.2 Å². The zero-order chi connectivity index (χ0) is 19.0. The second kappa shape index (κ2) is 7.31. The van der Waals surface area contributed by atoms with Crippen LogP contribution >= 0.6 is 0 Å². The van der Waals surface area contributed by atoms with Crippen molar-refractivity contribution in [2.24, 2.45) is 11.8 Å². The van der Waals surface area contributed by atoms with E-state index in [0.717, 1.165) is 49.5 Å². The Hall–Kier alpha value is -2.41. The highest BCUT2D eigenvalue weighted by Crippen LogP contribution is 2.28. The molecule has 1 N–H and O–H groups in total. The van der Waals surface area contributed by atoms with E-state index in [1.54, 1.807) is 16.9 Å². The molecular formula is C20H28N5O2+. The van der Waals surface area contributed by atoms with Crippen LogP contribution < -0.4 is 9.64 Å². The van der Waals surface area contributed by atoms with Crippen LogP contribution in [-0.2, 0) is 11.3 Å². The van der Waals surface area contributed by atoms with E-state index in [-0.39, 0.29) is 11.8 Å². The number of piperidine rings is 3. The number of hydrogen-bond donors (Lipinski definition) is 1. The van der Waals surface area contributed by atoms with Gasteiger partial charge in [0.15, 0.2) is 0 Å². The van der Waals surface area contributed by atoms with Crippen molar-refractivity contribution in [1.29, 1.82) is 0 Å². The standard InChI is InChI=1S/C20H27N5O2/c1-23(2)20(26)18-12-24-9-8-15(18)10-16(24)11-25-13-19(21-22-25)14-4-6-17(27-3)7-5-14/h4-7,13,15-16,18H,8-12H2,1-3H3/p+1/t15-,16+,18-/m0/s1. The average Bonchev–Trinajstić information content (AvgIpc) is 3.16. The van der Waals surface area contributed by atoms with Crippen molar-refractivity contribution >= 4 is 5.91 Å². The van der Waals surface area contributed by atoms with Crippen LogP contribution in [0.5, 0.6) is 5.75 Å². The van der Waals surface area contributed by atoms with Crippen molar-refractivity contribution in [2.75, 3.05) is 34.3 Å². The summed E-state index contributed by atoms with van der Waals surface area (Å²) in [6.45, 7) is 2.97. The van der Waals surface area contributed by atoms with E-state index < -0.39 is 0 Å². The number of rotatable bonds is 5. The minimum Gasteiger partial charge on any atom is -0.497 e. The number of hydrogen-bond acceptors (Lipinski definition) is 4. The maximum atomic E-state index is 12.4. The van der Waals surface area contributed by atoms with Crippen molar-refractivity contribution < 1.29 is 14.4 Å². The largest absolute Gasteiger partial charge is 0.497 e. The molecule has 7 heteroatoms. The van der Waals surface area contributed by atoms with E-state index >= 15 is 0 Å². The third-order valence-corrected chi connectivity index (χ3v) is 6.14. The maximum absolute atomic E-state index is 12.4. The molecule has 0 spiro atoms. The van der Waals surface area contributed by atoms with Gasteiger partial charge < -0.3 is 14.5 Å². The maximum Gasteiger partial charge on any atom is 0.231 e. The van der Waals surface area contributed by atoms with Gasteiger partial charge >= 0.3 is 0 Å². The zero-order valence-electron chi connectivity index (χ0n) is 16.3. The van der Waals surface area contributed by atoms with E-state index in [9.17, 15) is 4.79 Å². The fourth-order valence-corrected chi connectivity index (χ4v) is 4.64. The first-order valence-electron chi connectivity index (χ1n) is 9.65. The normalized spacial score (nSPS) is 26.8. The summed E-state index contributed by atoms with van der Waals surface area (Å²) in [5, 5.41) is 8.68. The molecule has 0 aliphatic carbocycles. The molecule has 27 heavy (non-hydrogen) atoms. The van der Waals surface area contributed by atoms with Gasteiger partial charge in [0.25, 0.3) is 0 Å². The molecule has 4 atom stereocenters. The number of nitrogens with zero attached hydrogens (tertiary/aromatic N) is 4. The molecule has 4 heterocycles. The van der Waals surface area contributed by atoms with Gasteiger partial charge in [0.2, 0.25) is 5.91 Å². The van der Waals surface area contributed by atoms with Crippen LogP contribution in [0.4, 0.5) is 0 Å². The number of carbonyl (C=O) groups excluding carboxylic acids is 1. The Balaban J connectivity index is 1.42. The highest BCUT2D eigenvalue weighted by Gasteiger charge is 2.47. The van der Waals surface area contributed by atoms with Gasteiger partial charge in [-0.15, -0.1) is 5.10 Å². The highest BCUT2D eigenvalue weighted by atomic mass is 16.5. The lowest BCUT2D eigenvalue weighted by Crippen LogP contribution is -3.20. The number of fused-ring (bicyclic) bond motifs is 3. The molecule has 3 saturated heterocycles. The Kier molecular flexibility index (Phi) is 4.86. The number of aromatic nitrogens is 3. The summed E-state index contributed by atoms with van der Waals surface area (Å²) >= 11 is 0. The SMILES string of the molecule is COc1ccc(-c2cn(C[C@H]3C[C@@H]4CC[NH+]3C[C@@H]4C(=O)N(C)C)nn2)cc1. The van der Waals surface area contributed by atoms with E-state index in [4.69, 9.17) is 4.74 Å². The van der Waals surface area contributed by atoms with Gasteiger partial charge in [0, 0.05) is 32.5 Å². The van der Waals surface area contributed by atoms with Gasteiger partial charge in [0.05, 0.1) is 38.9 Å². The summed E-state index contributed by atoms with van der Waals surface area (Å²) in [6, 6.07) is 8.39. The Labute approximate surface area is 159 Å². The first kappa shape index (κ1) is 18.0. The number of methoxy groups -OCH3 is 1. The van der Waals surface area contributed by atoms with Gasteiger partial charge in [0.1, 0.15) is 17.5 Å². The van der Waals surface area contributed by atoms with Crippen LogP contribution in [0.1, 0.15) is 12.8 Å². The number of carbonyl (C=O) groups is 1. The summed E-state index contributed by atoms with van der Waals surface area (Å²) < 4.78 is 7.17. The van der Waals surface area contributed by atoms with E-state index in [0.29, 0.717) is 12.0 Å². The van der Waals surface area contributed by atoms with Crippen LogP contribution in [0, 0.1) is 11.8 Å². The molecule has 1 unspecified atom stereocenters. The van der Waals surface area contributed by atoms with E-state index in [2.05, 4.69) is 10.3 Å². The fraction of sp³-hybridized carbons (Fsp3) is 0.550. The third kappa shape index (κ3) is 3.56. The number of nitrogens with one attached hydrogen (secondary N) is 1. The van der Waals surface area contributed by atoms with Gasteiger partial charge in [-0.2, -0.15) is 0 Å². The molecule has 1 aromatic carbocycles. The molecule has 0 saturated carbocycles. The number of benzene rings is 1. The predicted octanol–water partition coefficient (Wildman–Crippen LogP) is 0.335. The van der Waals surface area contributed by atoms with E-state index in [1.165, 1.54) is 0 Å². The Morgan fingerprint density at radius 3 is 2.74 bits per heavy atom. The molecule has 2 aromatic rings. The minimum atomic E-state index is 0.186. The molecule has 1 amide bonds. The molecule has 3 fully saturated rings. The highest BCUT2D eigenvalue weighted by molar-refractivity contribution is 5.78. The van der Waals surface area contributed by atoms with Gasteiger partial charge in [-0.3, -0.25) is 4.79 Å². The first-order chi connectivity index (χ1) is 13.0. The predicted molar refractivity (Wildman–Crippen MR) is 101 cm³/mol. The van der Waals surface area contributed by atoms with Crippen LogP contribution in [0.25, 0.3) is 11.3 Å². The zero-order valence-corrected chi connectivity index (χ0v) is 16.3. The molecule has 3 aliphatic rings. The van der Waals surface area contributed by atoms with Crippen molar-refractivity contribution in [3.8, 4) is 17.0 Å². The topological polar surface area (TPSA) is 64.7 Å². The molecule has 1 aromatic heterocycles. The van der Waals surface area contributed by atoms with Crippen LogP contribution in [0.2, 0.25) is 0 Å². The minimum absolute atomic E-state index is 0.186. The molecule has 0 radical (unpaired) electrons. The van der Waals surface area contributed by atoms with Gasteiger partial charge in [-0.05, 0) is 30.2 Å². The number of amides is 1. The molecule has 3 aliphatic heterocycles. The monoisotopic (exact) mass is 370 g/mol. The quantitative estimate of drug-likeness (QED) is 0.824. The summed E-state index contributed by atoms with van der Waals surface area (Å²) in [6.07, 6.45) is 4.27. The molecule has 7 nitrogen and oxygen atoms in total. The Morgan fingerprint density at radius 2 is 2.11 bits per heavy atom. The lowest BCUT2D eigenvalue weighted by Gasteiger charge is -2.46. The second-order valence-corrected chi connectivity index (χ2v) is 7.99. The lowest BCUT2D eigenvalue weighted by atomic mass is 9.75. The third-order valence-electron chi connectivity index (χ3n) is 6.14. The van der Waals surface area contributed by atoms with Crippen molar-refractivity contribution in [1.82, 2.24) is 19.9 Å². The summed E-state index contributed by atoms with van der Waals surface area (Å²) in [5.41, 5.74) is 1.92. The van der Waals surface area contributed by atoms with Gasteiger partial charge in [-0.25, -0.2) is 4.68 Å². The Morgan fingerprint density at radius 1 is 1.33 bits per heavy atom. The second-order valence-electron chi connectivity index (χ2n) is 7.99. The first-order valence-corrected chi connectivity index (χ1v) is 9.65. The molecule has 2 bridgehead atoms. The lowest BCUT2D eigenvalue weighted by molar-refractivity contribution is -0.945. The number of quaternary nitrogens is 1. The van der Waals surface area contributed by atoms with Crippen molar-refractivity contribution in [2.45, 2.75) is 25.4 Å². The summed E-state index contributed by atoms with van der Waals surface area (Å²) in [4.78, 5) is 15.7. The van der Waals surface area contributed by atoms with Crippen molar-refractivity contribution in [3.63, 3.8) is 0 Å². The molecular weight excluding hydrogens is 342 g/mol. The average molecular weight is 370 g/mol. The number of ether oxygens (including phenoxy) is 1. The molecule has 144 valence electrons. The van der Waals surface area contributed by atoms with Crippen molar-refractivity contribution in [3.05, 3.63) is 30.5 Å². The molecule has 5 rings (SSSR count). The fourth-order valence-electron chi connectivity index (χ4n) is 4.64. The smallest absolute Gasteiger partial charge is 0.231 e. The van der Waals surface area contributed by atoms with Gasteiger partial charge in [-0.1, -0.05) is 5.21 Å². The van der Waals surface area contributed by atoms with Crippen LogP contribution in [0.3, 0.4) is 0 Å². The Bertz CT molecular complexity index is 801. The summed E-state index contributed by atoms with van der Waals surface area (Å²) in [5.74, 6) is 1.82. The van der Waals surface area contributed by atoms with Crippen LogP contribution in [-0.4, -0.2) is 66.1 Å². The van der Waals surface area contributed by atoms with Crippen LogP contribution in [0.15, 0.2) is 30.5 Å².